The van der Waals surface area contributed by atoms with Gasteiger partial charge in [0.1, 0.15) is 73.2 Å². The molecule has 0 aromatic rings. The number of aliphatic hydroxyl groups is 11. The highest BCUT2D eigenvalue weighted by Gasteiger charge is 2.54. The monoisotopic (exact) mass is 1550 g/mol. The summed E-state index contributed by atoms with van der Waals surface area (Å²) in [6.07, 6.45) is 63.2. The second-order valence-electron chi connectivity index (χ2n) is 32.8. The van der Waals surface area contributed by atoms with Crippen molar-refractivity contribution in [2.24, 2.45) is 0 Å². The van der Waals surface area contributed by atoms with Crippen molar-refractivity contribution >= 4 is 5.91 Å². The maximum absolute atomic E-state index is 13.5. The van der Waals surface area contributed by atoms with Crippen molar-refractivity contribution in [1.29, 1.82) is 0 Å². The Kier molecular flexibility index (Phi) is 65.2. The molecule has 17 unspecified atom stereocenters. The predicted molar refractivity (Wildman–Crippen MR) is 439 cm³/mol. The lowest BCUT2D eigenvalue weighted by atomic mass is 9.96. The Morgan fingerprint density at radius 2 is 0.587 bits per heavy atom. The SMILES string of the molecule is CCCCCCCCCCCCCCCCCCCCCC/C=C/CC/C=C/CC/C=C/C(O)C(COC1OC(CO)C(OC2OC(CO)C(OC3OC(CO)C(O)C(O)C3O)C(O)C2O)C(O)C1O)NC(=O)CCCCCCCCCCCCCCCCCCCCCCCCCCCCCCCCCCCC. The lowest BCUT2D eigenvalue weighted by molar-refractivity contribution is -0.379. The molecule has 3 aliphatic rings. The van der Waals surface area contributed by atoms with Crippen molar-refractivity contribution in [3.8, 4) is 0 Å². The first-order chi connectivity index (χ1) is 53.3. The highest BCUT2D eigenvalue weighted by molar-refractivity contribution is 5.76. The molecule has 642 valence electrons. The quantitative estimate of drug-likeness (QED) is 0.0199. The van der Waals surface area contributed by atoms with E-state index in [0.717, 1.165) is 44.9 Å². The van der Waals surface area contributed by atoms with Gasteiger partial charge in [-0.3, -0.25) is 4.79 Å². The Labute approximate surface area is 663 Å². The van der Waals surface area contributed by atoms with E-state index in [2.05, 4.69) is 43.5 Å². The molecule has 3 saturated heterocycles. The molecule has 19 nitrogen and oxygen atoms in total. The largest absolute Gasteiger partial charge is 0.394 e. The van der Waals surface area contributed by atoms with Crippen LogP contribution in [-0.4, -0.2) is 193 Å². The van der Waals surface area contributed by atoms with Crippen LogP contribution in [0.3, 0.4) is 0 Å². The smallest absolute Gasteiger partial charge is 0.220 e. The van der Waals surface area contributed by atoms with E-state index in [4.69, 9.17) is 28.4 Å². The molecule has 19 heteroatoms. The van der Waals surface area contributed by atoms with E-state index in [1.54, 1.807) is 6.08 Å². The van der Waals surface area contributed by atoms with E-state index in [0.29, 0.717) is 12.8 Å². The lowest BCUT2D eigenvalue weighted by Crippen LogP contribution is -2.66. The van der Waals surface area contributed by atoms with Gasteiger partial charge in [-0.2, -0.15) is 0 Å². The molecular weight excluding hydrogens is 1380 g/mol. The van der Waals surface area contributed by atoms with Crippen molar-refractivity contribution in [3.05, 3.63) is 36.5 Å². The summed E-state index contributed by atoms with van der Waals surface area (Å²) in [5.74, 6) is -0.281. The molecule has 0 radical (unpaired) electrons. The molecule has 0 aliphatic carbocycles. The normalized spacial score (nSPS) is 25.4. The van der Waals surface area contributed by atoms with E-state index in [1.165, 1.54) is 321 Å². The maximum atomic E-state index is 13.5. The summed E-state index contributed by atoms with van der Waals surface area (Å²) in [4.78, 5) is 13.5. The van der Waals surface area contributed by atoms with Gasteiger partial charge in [0.25, 0.3) is 0 Å². The minimum atomic E-state index is -1.98. The average Bonchev–Trinajstić information content (AvgIpc) is 0.762. The van der Waals surface area contributed by atoms with Crippen LogP contribution in [0.25, 0.3) is 0 Å². The van der Waals surface area contributed by atoms with Crippen LogP contribution in [0.4, 0.5) is 0 Å². The topological polar surface area (TPSA) is 307 Å². The number of hydrogen-bond acceptors (Lipinski definition) is 18. The van der Waals surface area contributed by atoms with Crippen molar-refractivity contribution < 1.29 is 89.4 Å². The van der Waals surface area contributed by atoms with Crippen LogP contribution in [0.15, 0.2) is 36.5 Å². The minimum absolute atomic E-state index is 0.237. The van der Waals surface area contributed by atoms with E-state index in [1.807, 2.05) is 6.08 Å². The summed E-state index contributed by atoms with van der Waals surface area (Å²) in [6.45, 7) is 1.78. The summed E-state index contributed by atoms with van der Waals surface area (Å²) in [5.41, 5.74) is 0. The molecule has 12 N–H and O–H groups in total. The van der Waals surface area contributed by atoms with E-state index in [-0.39, 0.29) is 18.9 Å². The second-order valence-corrected chi connectivity index (χ2v) is 32.8. The Morgan fingerprint density at radius 3 is 0.917 bits per heavy atom. The molecule has 0 aromatic heterocycles. The van der Waals surface area contributed by atoms with Gasteiger partial charge >= 0.3 is 0 Å². The number of allylic oxidation sites excluding steroid dienone is 5. The van der Waals surface area contributed by atoms with E-state index in [9.17, 15) is 61.0 Å². The van der Waals surface area contributed by atoms with E-state index >= 15 is 0 Å². The molecule has 3 fully saturated rings. The summed E-state index contributed by atoms with van der Waals surface area (Å²) in [5, 5.41) is 121. The zero-order valence-electron chi connectivity index (χ0n) is 69.3. The second kappa shape index (κ2) is 70.2. The van der Waals surface area contributed by atoms with Gasteiger partial charge in [-0.05, 0) is 44.9 Å². The Hall–Kier alpha value is -1.99. The van der Waals surface area contributed by atoms with Crippen LogP contribution >= 0.6 is 0 Å². The predicted octanol–water partition coefficient (Wildman–Crippen LogP) is 17.4. The highest BCUT2D eigenvalue weighted by atomic mass is 16.8. The number of rotatable bonds is 75. The number of aliphatic hydroxyl groups excluding tert-OH is 11. The molecule has 0 bridgehead atoms. The van der Waals surface area contributed by atoms with Gasteiger partial charge in [0.15, 0.2) is 18.9 Å². The third-order valence-electron chi connectivity index (χ3n) is 22.9. The first-order valence-corrected chi connectivity index (χ1v) is 45.7. The van der Waals surface area contributed by atoms with E-state index < -0.39 is 124 Å². The first-order valence-electron chi connectivity index (χ1n) is 45.7. The van der Waals surface area contributed by atoms with Crippen LogP contribution in [0, 0.1) is 0 Å². The van der Waals surface area contributed by atoms with Gasteiger partial charge < -0.3 is 89.9 Å². The lowest BCUT2D eigenvalue weighted by Gasteiger charge is -2.48. The highest BCUT2D eigenvalue weighted by Crippen LogP contribution is 2.34. The summed E-state index contributed by atoms with van der Waals surface area (Å²) < 4.78 is 34.5. The number of unbranched alkanes of at least 4 members (excludes halogenated alkanes) is 55. The minimum Gasteiger partial charge on any atom is -0.394 e. The Balaban J connectivity index is 1.33. The average molecular weight is 1550 g/mol. The van der Waals surface area contributed by atoms with Gasteiger partial charge in [-0.25, -0.2) is 0 Å². The number of hydrogen-bond donors (Lipinski definition) is 12. The number of carbonyl (C=O) groups excluding carboxylic acids is 1. The zero-order valence-corrected chi connectivity index (χ0v) is 69.3. The van der Waals surface area contributed by atoms with Crippen LogP contribution in [0.1, 0.15) is 399 Å². The van der Waals surface area contributed by atoms with Crippen LogP contribution in [0.5, 0.6) is 0 Å². The molecule has 0 spiro atoms. The summed E-state index contributed by atoms with van der Waals surface area (Å²) in [7, 11) is 0. The fourth-order valence-corrected chi connectivity index (χ4v) is 15.6. The van der Waals surface area contributed by atoms with Crippen LogP contribution in [0.2, 0.25) is 0 Å². The van der Waals surface area contributed by atoms with Crippen molar-refractivity contribution in [3.63, 3.8) is 0 Å². The summed E-state index contributed by atoms with van der Waals surface area (Å²) in [6, 6.07) is -0.997. The summed E-state index contributed by atoms with van der Waals surface area (Å²) >= 11 is 0. The molecule has 109 heavy (non-hydrogen) atoms. The molecule has 1 amide bonds. The van der Waals surface area contributed by atoms with Crippen molar-refractivity contribution in [2.75, 3.05) is 26.4 Å². The molecule has 0 aromatic carbocycles. The fourth-order valence-electron chi connectivity index (χ4n) is 15.6. The number of amides is 1. The Bertz CT molecular complexity index is 2100. The standard InChI is InChI=1S/C90H169NO18/c1-3-5-7-9-11-13-15-17-19-21-23-25-27-29-31-33-35-36-37-38-40-42-44-46-48-50-52-54-56-58-60-62-64-66-68-78(96)91-73(74(95)67-65-63-61-59-57-55-53-51-49-47-45-43-41-39-34-32-30-28-26-24-22-20-18-16-14-12-10-8-6-4-2)72-104-88-84(102)81(99)86(76(70-93)106-88)109-90-85(103)82(100)87(77(71-94)107-90)108-89-83(101)80(98)79(97)75(69-92)105-89/h49,51,57,59,65,67,73-77,79-90,92-95,97-103H,3-48,50,52-56,58,60-64,66,68-72H2,1-2H3,(H,91,96)/b51-49+,59-57+,67-65+. The molecule has 17 atom stereocenters. The molecule has 3 aliphatic heterocycles. The number of nitrogens with one attached hydrogen (secondary N) is 1. The number of ether oxygens (including phenoxy) is 6. The third-order valence-corrected chi connectivity index (χ3v) is 22.9. The fraction of sp³-hybridized carbons (Fsp3) is 0.922. The molecule has 3 heterocycles. The Morgan fingerprint density at radius 1 is 0.321 bits per heavy atom. The molecule has 0 saturated carbocycles. The zero-order chi connectivity index (χ0) is 78.8. The van der Waals surface area contributed by atoms with Crippen molar-refractivity contribution in [2.45, 2.75) is 503 Å². The first kappa shape index (κ1) is 101. The molecular formula is C90H169NO18. The van der Waals surface area contributed by atoms with Gasteiger partial charge in [0.2, 0.25) is 5.91 Å². The van der Waals surface area contributed by atoms with Gasteiger partial charge in [0.05, 0.1) is 38.6 Å². The van der Waals surface area contributed by atoms with Crippen LogP contribution < -0.4 is 5.32 Å². The van der Waals surface area contributed by atoms with Gasteiger partial charge in [-0.15, -0.1) is 0 Å². The van der Waals surface area contributed by atoms with Gasteiger partial charge in [-0.1, -0.05) is 384 Å². The number of carbonyl (C=O) groups is 1. The van der Waals surface area contributed by atoms with Crippen LogP contribution in [-0.2, 0) is 33.2 Å². The van der Waals surface area contributed by atoms with Gasteiger partial charge in [0, 0.05) is 6.42 Å². The molecule has 3 rings (SSSR count). The van der Waals surface area contributed by atoms with Crippen molar-refractivity contribution in [1.82, 2.24) is 5.32 Å². The maximum Gasteiger partial charge on any atom is 0.220 e. The third kappa shape index (κ3) is 49.0.